The Morgan fingerprint density at radius 1 is 1.44 bits per heavy atom. The zero-order valence-electron chi connectivity index (χ0n) is 11.4. The fraction of sp³-hybridized carbons (Fsp3) is 0.600. The Bertz CT molecular complexity index is 392. The lowest BCUT2D eigenvalue weighted by molar-refractivity contribution is 0.339. The second-order valence-corrected chi connectivity index (χ2v) is 6.12. The van der Waals surface area contributed by atoms with Crippen molar-refractivity contribution in [1.29, 1.82) is 0 Å². The Hall–Kier alpha value is -0.380. The zero-order chi connectivity index (χ0) is 13.0. The van der Waals surface area contributed by atoms with Gasteiger partial charge in [-0.25, -0.2) is 0 Å². The lowest BCUT2D eigenvalue weighted by atomic mass is 10.1. The molecule has 2 rings (SSSR count). The summed E-state index contributed by atoms with van der Waals surface area (Å²) in [6.45, 7) is 10.3. The maximum Gasteiger partial charge on any atom is 0.0205 e. The second kappa shape index (κ2) is 6.69. The third-order valence-electron chi connectivity index (χ3n) is 3.80. The van der Waals surface area contributed by atoms with Gasteiger partial charge in [0.05, 0.1) is 0 Å². The van der Waals surface area contributed by atoms with E-state index < -0.39 is 0 Å². The Labute approximate surface area is 119 Å². The molecule has 0 radical (unpaired) electrons. The van der Waals surface area contributed by atoms with Crippen LogP contribution >= 0.6 is 15.9 Å². The molecular weight excluding hydrogens is 288 g/mol. The molecule has 0 bridgehead atoms. The number of rotatable bonds is 5. The number of hydrogen-bond donors (Lipinski definition) is 1. The highest BCUT2D eigenvalue weighted by Gasteiger charge is 2.20. The van der Waals surface area contributed by atoms with Gasteiger partial charge in [-0.15, -0.1) is 0 Å². The van der Waals surface area contributed by atoms with Crippen LogP contribution in [0.15, 0.2) is 22.7 Å². The Kier molecular flexibility index (Phi) is 5.22. The van der Waals surface area contributed by atoms with Gasteiger partial charge in [0.25, 0.3) is 0 Å². The summed E-state index contributed by atoms with van der Waals surface area (Å²) in [5, 5.41) is 3.59. The minimum Gasteiger partial charge on any atom is -0.312 e. The average Bonchev–Trinajstić information content (AvgIpc) is 2.82. The van der Waals surface area contributed by atoms with Crippen LogP contribution < -0.4 is 5.32 Å². The second-order valence-electron chi connectivity index (χ2n) is 5.26. The van der Waals surface area contributed by atoms with Crippen LogP contribution in [0, 0.1) is 12.8 Å². The van der Waals surface area contributed by atoms with Crippen LogP contribution in [0.1, 0.15) is 24.5 Å². The maximum atomic E-state index is 3.59. The first-order valence-electron chi connectivity index (χ1n) is 6.87. The van der Waals surface area contributed by atoms with E-state index in [-0.39, 0.29) is 0 Å². The Morgan fingerprint density at radius 2 is 2.28 bits per heavy atom. The molecule has 1 fully saturated rings. The maximum absolute atomic E-state index is 3.59. The van der Waals surface area contributed by atoms with Gasteiger partial charge >= 0.3 is 0 Å². The normalized spacial score (nSPS) is 20.5. The van der Waals surface area contributed by atoms with E-state index >= 15 is 0 Å². The van der Waals surface area contributed by atoms with Crippen LogP contribution in [0.5, 0.6) is 0 Å². The predicted molar refractivity (Wildman–Crippen MR) is 80.8 cm³/mol. The van der Waals surface area contributed by atoms with E-state index in [1.54, 1.807) is 0 Å². The largest absolute Gasteiger partial charge is 0.312 e. The number of likely N-dealkylation sites (tertiary alicyclic amines) is 1. The van der Waals surface area contributed by atoms with Crippen molar-refractivity contribution in [1.82, 2.24) is 10.2 Å². The molecule has 18 heavy (non-hydrogen) atoms. The molecule has 1 aromatic carbocycles. The number of hydrogen-bond acceptors (Lipinski definition) is 2. The van der Waals surface area contributed by atoms with Crippen LogP contribution in [0.25, 0.3) is 0 Å². The third kappa shape index (κ3) is 3.81. The molecule has 0 spiro atoms. The molecule has 0 amide bonds. The molecule has 1 aliphatic rings. The Balaban J connectivity index is 1.73. The summed E-state index contributed by atoms with van der Waals surface area (Å²) in [4.78, 5) is 2.54. The number of nitrogens with zero attached hydrogens (tertiary/aromatic N) is 1. The molecule has 1 heterocycles. The number of halogens is 1. The van der Waals surface area contributed by atoms with Gasteiger partial charge in [0.1, 0.15) is 0 Å². The quantitative estimate of drug-likeness (QED) is 0.898. The van der Waals surface area contributed by atoms with Crippen molar-refractivity contribution in [2.45, 2.75) is 26.8 Å². The van der Waals surface area contributed by atoms with Crippen molar-refractivity contribution < 1.29 is 0 Å². The molecule has 100 valence electrons. The van der Waals surface area contributed by atoms with Gasteiger partial charge in [-0.05, 0) is 56.1 Å². The first kappa shape index (κ1) is 14.0. The highest BCUT2D eigenvalue weighted by atomic mass is 79.9. The first-order chi connectivity index (χ1) is 8.69. The molecule has 1 saturated heterocycles. The van der Waals surface area contributed by atoms with E-state index in [1.165, 1.54) is 41.7 Å². The molecule has 1 N–H and O–H groups in total. The standard InChI is InChI=1S/C15H23BrN2/c1-3-18-7-6-14(11-18)10-17-9-13-4-5-15(16)12(2)8-13/h4-5,8,14,17H,3,6-7,9-11H2,1-2H3. The van der Waals surface area contributed by atoms with Gasteiger partial charge < -0.3 is 10.2 Å². The van der Waals surface area contributed by atoms with Crippen LogP contribution in [0.3, 0.4) is 0 Å². The number of nitrogens with one attached hydrogen (secondary N) is 1. The minimum absolute atomic E-state index is 0.835. The zero-order valence-corrected chi connectivity index (χ0v) is 13.0. The lowest BCUT2D eigenvalue weighted by Crippen LogP contribution is -2.26. The summed E-state index contributed by atoms with van der Waals surface area (Å²) in [5.74, 6) is 0.835. The molecule has 1 aliphatic heterocycles. The van der Waals surface area contributed by atoms with Gasteiger partial charge in [-0.1, -0.05) is 35.0 Å². The number of aryl methyl sites for hydroxylation is 1. The molecule has 0 aliphatic carbocycles. The van der Waals surface area contributed by atoms with Crippen molar-refractivity contribution in [3.05, 3.63) is 33.8 Å². The summed E-state index contributed by atoms with van der Waals surface area (Å²) in [7, 11) is 0. The molecule has 1 aromatic rings. The predicted octanol–water partition coefficient (Wildman–Crippen LogP) is 3.19. The topological polar surface area (TPSA) is 15.3 Å². The number of benzene rings is 1. The highest BCUT2D eigenvalue weighted by molar-refractivity contribution is 9.10. The van der Waals surface area contributed by atoms with Gasteiger partial charge in [-0.3, -0.25) is 0 Å². The molecule has 0 saturated carbocycles. The van der Waals surface area contributed by atoms with E-state index in [9.17, 15) is 0 Å². The monoisotopic (exact) mass is 310 g/mol. The van der Waals surface area contributed by atoms with Crippen molar-refractivity contribution in [2.24, 2.45) is 5.92 Å². The summed E-state index contributed by atoms with van der Waals surface area (Å²) in [6.07, 6.45) is 1.35. The van der Waals surface area contributed by atoms with Crippen LogP contribution in [-0.2, 0) is 6.54 Å². The fourth-order valence-corrected chi connectivity index (χ4v) is 2.85. The van der Waals surface area contributed by atoms with Crippen molar-refractivity contribution in [3.63, 3.8) is 0 Å². The summed E-state index contributed by atoms with van der Waals surface area (Å²) in [5.41, 5.74) is 2.69. The van der Waals surface area contributed by atoms with Gasteiger partial charge in [0.2, 0.25) is 0 Å². The molecule has 1 unspecified atom stereocenters. The van der Waals surface area contributed by atoms with E-state index in [0.29, 0.717) is 0 Å². The van der Waals surface area contributed by atoms with E-state index in [0.717, 1.165) is 19.0 Å². The molecule has 3 heteroatoms. The molecule has 0 aromatic heterocycles. The van der Waals surface area contributed by atoms with Crippen molar-refractivity contribution >= 4 is 15.9 Å². The lowest BCUT2D eigenvalue weighted by Gasteiger charge is -2.14. The third-order valence-corrected chi connectivity index (χ3v) is 4.69. The Morgan fingerprint density at radius 3 is 2.94 bits per heavy atom. The van der Waals surface area contributed by atoms with Crippen molar-refractivity contribution in [2.75, 3.05) is 26.2 Å². The van der Waals surface area contributed by atoms with Crippen molar-refractivity contribution in [3.8, 4) is 0 Å². The molecule has 1 atom stereocenters. The van der Waals surface area contributed by atoms with E-state index in [4.69, 9.17) is 0 Å². The van der Waals surface area contributed by atoms with E-state index in [2.05, 4.69) is 58.2 Å². The SMILES string of the molecule is CCN1CCC(CNCc2ccc(Br)c(C)c2)C1. The van der Waals surface area contributed by atoms with Gasteiger partial charge in [0, 0.05) is 17.6 Å². The summed E-state index contributed by atoms with van der Waals surface area (Å²) >= 11 is 3.54. The summed E-state index contributed by atoms with van der Waals surface area (Å²) in [6, 6.07) is 6.59. The average molecular weight is 311 g/mol. The highest BCUT2D eigenvalue weighted by Crippen LogP contribution is 2.17. The van der Waals surface area contributed by atoms with Gasteiger partial charge in [-0.2, -0.15) is 0 Å². The molecule has 2 nitrogen and oxygen atoms in total. The van der Waals surface area contributed by atoms with E-state index in [1.807, 2.05) is 0 Å². The minimum atomic E-state index is 0.835. The van der Waals surface area contributed by atoms with Crippen LogP contribution in [0.2, 0.25) is 0 Å². The summed E-state index contributed by atoms with van der Waals surface area (Å²) < 4.78 is 1.20. The van der Waals surface area contributed by atoms with Gasteiger partial charge in [0.15, 0.2) is 0 Å². The fourth-order valence-electron chi connectivity index (χ4n) is 2.60. The first-order valence-corrected chi connectivity index (χ1v) is 7.66. The smallest absolute Gasteiger partial charge is 0.0205 e. The van der Waals surface area contributed by atoms with Crippen LogP contribution in [0.4, 0.5) is 0 Å². The molecular formula is C15H23BrN2. The van der Waals surface area contributed by atoms with Crippen LogP contribution in [-0.4, -0.2) is 31.1 Å².